The highest BCUT2D eigenvalue weighted by atomic mass is 16.6. The van der Waals surface area contributed by atoms with Crippen LogP contribution in [-0.2, 0) is 28.6 Å². The zero-order valence-corrected chi connectivity index (χ0v) is 41.1. The molecule has 0 heterocycles. The number of rotatable bonds is 48. The van der Waals surface area contributed by atoms with Crippen LogP contribution in [0.2, 0.25) is 0 Å². The Labute approximate surface area is 378 Å². The molecule has 2 unspecified atom stereocenters. The molecular weight excluding hydrogens is 763 g/mol. The van der Waals surface area contributed by atoms with Crippen molar-refractivity contribution >= 4 is 17.9 Å². The second kappa shape index (κ2) is 44.7. The van der Waals surface area contributed by atoms with Crippen LogP contribution in [-0.4, -0.2) is 75.5 Å². The third kappa shape index (κ3) is 43.1. The maximum absolute atomic E-state index is 12.8. The molecule has 0 fully saturated rings. The topological polar surface area (TPSA) is 102 Å². The highest BCUT2D eigenvalue weighted by Crippen LogP contribution is 2.17. The summed E-state index contributed by atoms with van der Waals surface area (Å²) in [5.74, 6) is -1.73. The maximum Gasteiger partial charge on any atom is 0.306 e. The van der Waals surface area contributed by atoms with E-state index in [1.165, 1.54) is 173 Å². The minimum atomic E-state index is -1.12. The number of quaternary nitrogens is 1. The first-order valence-corrected chi connectivity index (χ1v) is 26.2. The number of unbranched alkanes of at least 4 members (excludes halogenated alkanes) is 32. The number of likely N-dealkylation sites (N-methyl/N-ethyl adjacent to an activating group) is 1. The molecule has 0 N–H and O–H groups in total. The van der Waals surface area contributed by atoms with Crippen molar-refractivity contribution in [1.82, 2.24) is 0 Å². The molecule has 8 nitrogen and oxygen atoms in total. The summed E-state index contributed by atoms with van der Waals surface area (Å²) in [5.41, 5.74) is 0. The second-order valence-corrected chi connectivity index (χ2v) is 19.1. The maximum atomic E-state index is 12.8. The van der Waals surface area contributed by atoms with Crippen LogP contribution >= 0.6 is 0 Å². The molecule has 0 aromatic carbocycles. The molecule has 0 bridgehead atoms. The molecule has 61 heavy (non-hydrogen) atoms. The molecule has 0 amide bonds. The van der Waals surface area contributed by atoms with E-state index in [-0.39, 0.29) is 42.7 Å². The lowest BCUT2D eigenvalue weighted by atomic mass is 10.0. The average Bonchev–Trinajstić information content (AvgIpc) is 3.22. The van der Waals surface area contributed by atoms with Gasteiger partial charge in [0.1, 0.15) is 12.6 Å². The fourth-order valence-electron chi connectivity index (χ4n) is 8.07. The first-order chi connectivity index (χ1) is 29.6. The highest BCUT2D eigenvalue weighted by molar-refractivity contribution is 5.70. The molecule has 0 spiro atoms. The van der Waals surface area contributed by atoms with Crippen LogP contribution < -0.4 is 5.11 Å². The van der Waals surface area contributed by atoms with Crippen molar-refractivity contribution in [2.45, 2.75) is 270 Å². The summed E-state index contributed by atoms with van der Waals surface area (Å²) in [5, 5.41) is 11.7. The van der Waals surface area contributed by atoms with Gasteiger partial charge < -0.3 is 28.6 Å². The smallest absolute Gasteiger partial charge is 0.306 e. The summed E-state index contributed by atoms with van der Waals surface area (Å²) in [6.45, 7) is 4.69. The number of aliphatic carboxylic acids is 1. The standard InChI is InChI=1S/C53H101NO7/c1-6-8-10-12-14-16-18-20-22-23-24-25-26-27-28-29-30-32-34-36-38-40-42-44-52(56)61-49(47-59-46-45-50(53(57)58)54(3,4)5)48-60-51(55)43-41-39-37-35-33-31-21-19-17-15-13-11-9-7-2/h31,33,49-50H,6-30,32,34-48H2,1-5H3/b33-31+. The molecule has 0 aliphatic rings. The molecule has 0 aromatic heterocycles. The Morgan fingerprint density at radius 3 is 1.20 bits per heavy atom. The predicted octanol–water partition coefficient (Wildman–Crippen LogP) is 13.7. The molecular formula is C53H101NO7. The van der Waals surface area contributed by atoms with E-state index in [0.717, 1.165) is 51.4 Å². The van der Waals surface area contributed by atoms with Gasteiger partial charge in [0.15, 0.2) is 6.10 Å². The molecule has 0 aliphatic carbocycles. The van der Waals surface area contributed by atoms with Crippen molar-refractivity contribution in [1.29, 1.82) is 0 Å². The van der Waals surface area contributed by atoms with Gasteiger partial charge in [-0.05, 0) is 38.5 Å². The lowest BCUT2D eigenvalue weighted by molar-refractivity contribution is -0.889. The van der Waals surface area contributed by atoms with Crippen LogP contribution in [0.25, 0.3) is 0 Å². The lowest BCUT2D eigenvalue weighted by Crippen LogP contribution is -2.55. The van der Waals surface area contributed by atoms with Crippen molar-refractivity contribution < 1.29 is 38.2 Å². The van der Waals surface area contributed by atoms with E-state index < -0.39 is 18.1 Å². The summed E-state index contributed by atoms with van der Waals surface area (Å²) in [7, 11) is 5.42. The molecule has 0 aromatic rings. The Hall–Kier alpha value is -1.93. The summed E-state index contributed by atoms with van der Waals surface area (Å²) < 4.78 is 17.2. The Morgan fingerprint density at radius 2 is 0.820 bits per heavy atom. The fraction of sp³-hybridized carbons (Fsp3) is 0.906. The lowest BCUT2D eigenvalue weighted by Gasteiger charge is -2.34. The number of carboxylic acids is 1. The number of ether oxygens (including phenoxy) is 3. The van der Waals surface area contributed by atoms with Gasteiger partial charge in [-0.2, -0.15) is 0 Å². The predicted molar refractivity (Wildman–Crippen MR) is 254 cm³/mol. The van der Waals surface area contributed by atoms with Gasteiger partial charge in [-0.1, -0.05) is 212 Å². The number of nitrogens with zero attached hydrogens (tertiary/aromatic N) is 1. The van der Waals surface area contributed by atoms with Gasteiger partial charge in [0.2, 0.25) is 0 Å². The van der Waals surface area contributed by atoms with Crippen LogP contribution in [0.5, 0.6) is 0 Å². The van der Waals surface area contributed by atoms with Crippen molar-refractivity contribution in [3.63, 3.8) is 0 Å². The van der Waals surface area contributed by atoms with Crippen molar-refractivity contribution in [2.24, 2.45) is 0 Å². The van der Waals surface area contributed by atoms with Crippen molar-refractivity contribution in [3.8, 4) is 0 Å². The largest absolute Gasteiger partial charge is 0.544 e. The van der Waals surface area contributed by atoms with E-state index >= 15 is 0 Å². The van der Waals surface area contributed by atoms with Crippen molar-refractivity contribution in [2.75, 3.05) is 41.0 Å². The highest BCUT2D eigenvalue weighted by Gasteiger charge is 2.25. The third-order valence-corrected chi connectivity index (χ3v) is 12.2. The average molecular weight is 864 g/mol. The zero-order chi connectivity index (χ0) is 44.9. The van der Waals surface area contributed by atoms with E-state index in [1.807, 2.05) is 21.1 Å². The number of carbonyl (C=O) groups excluding carboxylic acids is 3. The quantitative estimate of drug-likeness (QED) is 0.0260. The molecule has 0 rings (SSSR count). The number of carbonyl (C=O) groups is 3. The van der Waals surface area contributed by atoms with Crippen LogP contribution in [0.4, 0.5) is 0 Å². The van der Waals surface area contributed by atoms with Gasteiger partial charge in [-0.3, -0.25) is 9.59 Å². The number of hydrogen-bond donors (Lipinski definition) is 0. The van der Waals surface area contributed by atoms with E-state index in [1.54, 1.807) is 0 Å². The molecule has 360 valence electrons. The Bertz CT molecular complexity index is 1010. The van der Waals surface area contributed by atoms with Crippen molar-refractivity contribution in [3.05, 3.63) is 12.2 Å². The number of esters is 2. The number of allylic oxidation sites excluding steroid dienone is 2. The summed E-state index contributed by atoms with van der Waals surface area (Å²) in [6, 6.07) is -0.724. The van der Waals surface area contributed by atoms with Crippen LogP contribution in [0.3, 0.4) is 0 Å². The van der Waals surface area contributed by atoms with Gasteiger partial charge in [-0.15, -0.1) is 0 Å². The van der Waals surface area contributed by atoms with E-state index in [0.29, 0.717) is 12.8 Å². The molecule has 8 heteroatoms. The monoisotopic (exact) mass is 864 g/mol. The SMILES string of the molecule is CCCCCCCCC/C=C/CCCCCC(=O)OCC(COCCC(C(=O)[O-])[N+](C)(C)C)OC(=O)CCCCCCCCCCCCCCCCCCCCCCCCC. The molecule has 2 atom stereocenters. The minimum absolute atomic E-state index is 0.0422. The summed E-state index contributed by atoms with van der Waals surface area (Å²) in [4.78, 5) is 37.0. The minimum Gasteiger partial charge on any atom is -0.544 e. The van der Waals surface area contributed by atoms with Crippen LogP contribution in [0.15, 0.2) is 12.2 Å². The molecule has 0 saturated heterocycles. The molecule has 0 radical (unpaired) electrons. The number of hydrogen-bond acceptors (Lipinski definition) is 7. The summed E-state index contributed by atoms with van der Waals surface area (Å²) in [6.07, 6.45) is 49.6. The van der Waals surface area contributed by atoms with Crippen LogP contribution in [0.1, 0.15) is 258 Å². The van der Waals surface area contributed by atoms with Crippen LogP contribution in [0, 0.1) is 0 Å². The van der Waals surface area contributed by atoms with Gasteiger partial charge >= 0.3 is 11.9 Å². The van der Waals surface area contributed by atoms with Gasteiger partial charge in [0.05, 0.1) is 40.3 Å². The van der Waals surface area contributed by atoms with E-state index in [9.17, 15) is 19.5 Å². The zero-order valence-electron chi connectivity index (χ0n) is 41.1. The Balaban J connectivity index is 4.16. The van der Waals surface area contributed by atoms with Gasteiger partial charge in [0, 0.05) is 19.3 Å². The van der Waals surface area contributed by atoms with E-state index in [4.69, 9.17) is 14.2 Å². The summed E-state index contributed by atoms with van der Waals surface area (Å²) >= 11 is 0. The van der Waals surface area contributed by atoms with E-state index in [2.05, 4.69) is 26.0 Å². The molecule has 0 aliphatic heterocycles. The first-order valence-electron chi connectivity index (χ1n) is 26.2. The first kappa shape index (κ1) is 59.1. The fourth-order valence-corrected chi connectivity index (χ4v) is 8.07. The third-order valence-electron chi connectivity index (χ3n) is 12.2. The Kier molecular flexibility index (Phi) is 43.3. The van der Waals surface area contributed by atoms with Gasteiger partial charge in [-0.25, -0.2) is 0 Å². The second-order valence-electron chi connectivity index (χ2n) is 19.1. The molecule has 0 saturated carbocycles. The van der Waals surface area contributed by atoms with Gasteiger partial charge in [0.25, 0.3) is 0 Å². The number of carboxylic acid groups (broad SMARTS) is 1. The Morgan fingerprint density at radius 1 is 0.475 bits per heavy atom. The normalized spacial score (nSPS) is 12.9.